The fourth-order valence-electron chi connectivity index (χ4n) is 2.41. The van der Waals surface area contributed by atoms with E-state index in [-0.39, 0.29) is 18.5 Å². The Bertz CT molecular complexity index is 467. The lowest BCUT2D eigenvalue weighted by molar-refractivity contribution is 0.183. The summed E-state index contributed by atoms with van der Waals surface area (Å²) in [5.74, 6) is 5.83. The molecule has 0 saturated heterocycles. The zero-order valence-electron chi connectivity index (χ0n) is 11.1. The third-order valence-electron chi connectivity index (χ3n) is 3.31. The molecule has 0 radical (unpaired) electrons. The molecule has 0 aromatic heterocycles. The van der Waals surface area contributed by atoms with E-state index in [0.29, 0.717) is 11.3 Å². The van der Waals surface area contributed by atoms with Gasteiger partial charge in [0.15, 0.2) is 0 Å². The zero-order chi connectivity index (χ0) is 13.5. The lowest BCUT2D eigenvalue weighted by Gasteiger charge is -2.17. The molecule has 0 aliphatic heterocycles. The van der Waals surface area contributed by atoms with Crippen LogP contribution in [0.1, 0.15) is 44.1 Å². The Balaban J connectivity index is 2.08. The molecular formula is C16H20FNO. The monoisotopic (exact) mass is 261 g/mol. The molecular weight excluding hydrogens is 241 g/mol. The SMILES string of the molecule is NCC#Cc1cc(F)cc(OC2CCCCCC2)c1. The summed E-state index contributed by atoms with van der Waals surface area (Å²) in [6.07, 6.45) is 7.26. The Morgan fingerprint density at radius 3 is 2.58 bits per heavy atom. The Hall–Kier alpha value is -1.53. The quantitative estimate of drug-likeness (QED) is 0.655. The van der Waals surface area contributed by atoms with Crippen LogP contribution in [-0.4, -0.2) is 12.6 Å². The molecule has 0 bridgehead atoms. The molecule has 0 heterocycles. The molecule has 2 N–H and O–H groups in total. The molecule has 3 heteroatoms. The maximum atomic E-state index is 13.5. The number of halogens is 1. The van der Waals surface area contributed by atoms with Crippen LogP contribution in [0.4, 0.5) is 4.39 Å². The molecule has 2 nitrogen and oxygen atoms in total. The van der Waals surface area contributed by atoms with Crippen LogP contribution in [0.5, 0.6) is 5.75 Å². The molecule has 2 rings (SSSR count). The van der Waals surface area contributed by atoms with Crippen molar-refractivity contribution >= 4 is 0 Å². The number of nitrogens with two attached hydrogens (primary N) is 1. The Labute approximate surface area is 114 Å². The van der Waals surface area contributed by atoms with Gasteiger partial charge in [-0.1, -0.05) is 24.7 Å². The second-order valence-electron chi connectivity index (χ2n) is 4.91. The molecule has 1 saturated carbocycles. The number of ether oxygens (including phenoxy) is 1. The first kappa shape index (κ1) is 13.9. The van der Waals surface area contributed by atoms with Gasteiger partial charge in [0.1, 0.15) is 11.6 Å². The number of hydrogen-bond donors (Lipinski definition) is 1. The van der Waals surface area contributed by atoms with Crippen molar-refractivity contribution in [3.63, 3.8) is 0 Å². The average molecular weight is 261 g/mol. The minimum absolute atomic E-state index is 0.208. The minimum Gasteiger partial charge on any atom is -0.490 e. The Morgan fingerprint density at radius 1 is 1.16 bits per heavy atom. The van der Waals surface area contributed by atoms with E-state index in [0.717, 1.165) is 12.8 Å². The first-order valence-electron chi connectivity index (χ1n) is 6.94. The first-order valence-corrected chi connectivity index (χ1v) is 6.94. The van der Waals surface area contributed by atoms with Crippen molar-refractivity contribution in [2.45, 2.75) is 44.6 Å². The van der Waals surface area contributed by atoms with Crippen LogP contribution in [0.3, 0.4) is 0 Å². The highest BCUT2D eigenvalue weighted by Gasteiger charge is 2.14. The van der Waals surface area contributed by atoms with Crippen molar-refractivity contribution in [3.8, 4) is 17.6 Å². The smallest absolute Gasteiger partial charge is 0.128 e. The standard InChI is InChI=1S/C16H20FNO/c17-14-10-13(6-5-9-18)11-16(12-14)19-15-7-3-1-2-4-8-15/h10-12,15H,1-4,7-9,18H2. The molecule has 1 aromatic carbocycles. The normalized spacial score (nSPS) is 16.3. The number of hydrogen-bond acceptors (Lipinski definition) is 2. The molecule has 1 aliphatic carbocycles. The van der Waals surface area contributed by atoms with Crippen LogP contribution in [0.25, 0.3) is 0 Å². The Morgan fingerprint density at radius 2 is 1.89 bits per heavy atom. The van der Waals surface area contributed by atoms with Crippen molar-refractivity contribution in [1.82, 2.24) is 0 Å². The van der Waals surface area contributed by atoms with Gasteiger partial charge < -0.3 is 10.5 Å². The van der Waals surface area contributed by atoms with Gasteiger partial charge in [0, 0.05) is 11.6 Å². The first-order chi connectivity index (χ1) is 9.28. The second kappa shape index (κ2) is 7.16. The maximum absolute atomic E-state index is 13.5. The van der Waals surface area contributed by atoms with Crippen molar-refractivity contribution in [3.05, 3.63) is 29.6 Å². The molecule has 102 valence electrons. The van der Waals surface area contributed by atoms with E-state index in [1.807, 2.05) is 0 Å². The van der Waals surface area contributed by atoms with Gasteiger partial charge in [0.25, 0.3) is 0 Å². The summed E-state index contributed by atoms with van der Waals surface area (Å²) in [5.41, 5.74) is 5.94. The molecule has 1 aromatic rings. The van der Waals surface area contributed by atoms with Crippen molar-refractivity contribution in [2.24, 2.45) is 5.73 Å². The molecule has 0 amide bonds. The fraction of sp³-hybridized carbons (Fsp3) is 0.500. The molecule has 0 spiro atoms. The van der Waals surface area contributed by atoms with E-state index >= 15 is 0 Å². The number of benzene rings is 1. The largest absolute Gasteiger partial charge is 0.490 e. The Kier molecular flexibility index (Phi) is 5.23. The molecule has 0 unspecified atom stereocenters. The second-order valence-corrected chi connectivity index (χ2v) is 4.91. The van der Waals surface area contributed by atoms with E-state index in [2.05, 4.69) is 11.8 Å². The van der Waals surface area contributed by atoms with Gasteiger partial charge in [-0.05, 0) is 37.8 Å². The van der Waals surface area contributed by atoms with E-state index in [4.69, 9.17) is 10.5 Å². The highest BCUT2D eigenvalue weighted by Crippen LogP contribution is 2.24. The van der Waals surface area contributed by atoms with Crippen LogP contribution >= 0.6 is 0 Å². The van der Waals surface area contributed by atoms with Gasteiger partial charge >= 0.3 is 0 Å². The van der Waals surface area contributed by atoms with E-state index in [9.17, 15) is 4.39 Å². The third-order valence-corrected chi connectivity index (χ3v) is 3.31. The predicted molar refractivity (Wildman–Crippen MR) is 74.5 cm³/mol. The lowest BCUT2D eigenvalue weighted by atomic mass is 10.1. The van der Waals surface area contributed by atoms with Crippen molar-refractivity contribution in [2.75, 3.05) is 6.54 Å². The van der Waals surface area contributed by atoms with Gasteiger partial charge in [-0.25, -0.2) is 4.39 Å². The van der Waals surface area contributed by atoms with Crippen LogP contribution in [-0.2, 0) is 0 Å². The van der Waals surface area contributed by atoms with Crippen LogP contribution < -0.4 is 10.5 Å². The average Bonchev–Trinajstić information content (AvgIpc) is 2.64. The summed E-state index contributed by atoms with van der Waals surface area (Å²) in [7, 11) is 0. The van der Waals surface area contributed by atoms with Gasteiger partial charge in [-0.2, -0.15) is 0 Å². The summed E-state index contributed by atoms with van der Waals surface area (Å²) < 4.78 is 19.4. The highest BCUT2D eigenvalue weighted by molar-refractivity contribution is 5.40. The highest BCUT2D eigenvalue weighted by atomic mass is 19.1. The summed E-state index contributed by atoms with van der Waals surface area (Å²) in [6, 6.07) is 4.62. The minimum atomic E-state index is -0.313. The van der Waals surface area contributed by atoms with Gasteiger partial charge in [0.2, 0.25) is 0 Å². The summed E-state index contributed by atoms with van der Waals surface area (Å²) in [6.45, 7) is 0.273. The van der Waals surface area contributed by atoms with E-state index in [1.54, 1.807) is 6.07 Å². The van der Waals surface area contributed by atoms with Crippen LogP contribution in [0.2, 0.25) is 0 Å². The lowest BCUT2D eigenvalue weighted by Crippen LogP contribution is -2.15. The predicted octanol–water partition coefficient (Wildman–Crippen LogP) is 3.24. The van der Waals surface area contributed by atoms with Gasteiger partial charge in [-0.3, -0.25) is 0 Å². The topological polar surface area (TPSA) is 35.2 Å². The summed E-state index contributed by atoms with van der Waals surface area (Å²) in [4.78, 5) is 0. The van der Waals surface area contributed by atoms with E-state index < -0.39 is 0 Å². The van der Waals surface area contributed by atoms with Crippen LogP contribution in [0.15, 0.2) is 18.2 Å². The van der Waals surface area contributed by atoms with E-state index in [1.165, 1.54) is 37.8 Å². The number of rotatable bonds is 2. The fourth-order valence-corrected chi connectivity index (χ4v) is 2.41. The van der Waals surface area contributed by atoms with Gasteiger partial charge in [0.05, 0.1) is 12.6 Å². The molecule has 1 aliphatic rings. The van der Waals surface area contributed by atoms with Crippen molar-refractivity contribution < 1.29 is 9.13 Å². The molecule has 19 heavy (non-hydrogen) atoms. The van der Waals surface area contributed by atoms with Crippen LogP contribution in [0, 0.1) is 17.7 Å². The maximum Gasteiger partial charge on any atom is 0.128 e. The third kappa shape index (κ3) is 4.57. The van der Waals surface area contributed by atoms with Gasteiger partial charge in [-0.15, -0.1) is 0 Å². The summed E-state index contributed by atoms with van der Waals surface area (Å²) in [5, 5.41) is 0. The molecule has 1 fully saturated rings. The summed E-state index contributed by atoms with van der Waals surface area (Å²) >= 11 is 0. The van der Waals surface area contributed by atoms with Crippen molar-refractivity contribution in [1.29, 1.82) is 0 Å². The molecule has 0 atom stereocenters. The zero-order valence-corrected chi connectivity index (χ0v) is 11.1.